The van der Waals surface area contributed by atoms with Crippen molar-refractivity contribution in [2.75, 3.05) is 30.3 Å². The number of benzene rings is 1. The topological polar surface area (TPSA) is 75.5 Å². The van der Waals surface area contributed by atoms with E-state index in [1.807, 2.05) is 0 Å². The van der Waals surface area contributed by atoms with E-state index in [-0.39, 0.29) is 12.6 Å². The standard InChI is InChI=1S/C11H12F3N3O2/c12-11(13,14)6-17(3-4-18)10-16-8-5-7(15)1-2-9(8)19-10/h1-2,5,18H,3-4,6,15H2. The summed E-state index contributed by atoms with van der Waals surface area (Å²) in [5, 5.41) is 8.82. The summed E-state index contributed by atoms with van der Waals surface area (Å²) in [7, 11) is 0. The predicted octanol–water partition coefficient (Wildman–Crippen LogP) is 1.77. The smallest absolute Gasteiger partial charge is 0.406 e. The van der Waals surface area contributed by atoms with E-state index in [9.17, 15) is 13.2 Å². The summed E-state index contributed by atoms with van der Waals surface area (Å²) in [5.41, 5.74) is 6.71. The van der Waals surface area contributed by atoms with Crippen molar-refractivity contribution in [2.45, 2.75) is 6.18 Å². The van der Waals surface area contributed by atoms with E-state index in [1.165, 1.54) is 12.1 Å². The van der Waals surface area contributed by atoms with E-state index in [2.05, 4.69) is 4.98 Å². The van der Waals surface area contributed by atoms with Gasteiger partial charge in [-0.2, -0.15) is 18.2 Å². The highest BCUT2D eigenvalue weighted by atomic mass is 19.4. The lowest BCUT2D eigenvalue weighted by Gasteiger charge is -2.20. The SMILES string of the molecule is Nc1ccc2oc(N(CCO)CC(F)(F)F)nc2c1. The molecule has 104 valence electrons. The molecule has 0 unspecified atom stereocenters. The van der Waals surface area contributed by atoms with E-state index in [0.717, 1.165) is 4.90 Å². The lowest BCUT2D eigenvalue weighted by molar-refractivity contribution is -0.120. The summed E-state index contributed by atoms with van der Waals surface area (Å²) in [5.74, 6) is 0. The number of oxazole rings is 1. The van der Waals surface area contributed by atoms with E-state index < -0.39 is 19.3 Å². The lowest BCUT2D eigenvalue weighted by Crippen LogP contribution is -2.36. The highest BCUT2D eigenvalue weighted by molar-refractivity contribution is 5.78. The Hall–Kier alpha value is -1.96. The molecule has 0 amide bonds. The van der Waals surface area contributed by atoms with Crippen LogP contribution in [0.25, 0.3) is 11.1 Å². The van der Waals surface area contributed by atoms with Crippen molar-refractivity contribution in [3.8, 4) is 0 Å². The van der Waals surface area contributed by atoms with Gasteiger partial charge in [0.05, 0.1) is 6.61 Å². The molecule has 0 fully saturated rings. The number of hydrogen-bond acceptors (Lipinski definition) is 5. The normalized spacial score (nSPS) is 12.0. The average molecular weight is 275 g/mol. The first-order chi connectivity index (χ1) is 8.89. The van der Waals surface area contributed by atoms with Crippen molar-refractivity contribution < 1.29 is 22.7 Å². The van der Waals surface area contributed by atoms with Crippen molar-refractivity contribution in [1.82, 2.24) is 4.98 Å². The first-order valence-corrected chi connectivity index (χ1v) is 5.47. The average Bonchev–Trinajstić information content (AvgIpc) is 2.69. The first kappa shape index (κ1) is 13.5. The Morgan fingerprint density at radius 2 is 2.11 bits per heavy atom. The number of fused-ring (bicyclic) bond motifs is 1. The van der Waals surface area contributed by atoms with Crippen LogP contribution in [0.2, 0.25) is 0 Å². The zero-order valence-electron chi connectivity index (χ0n) is 9.81. The van der Waals surface area contributed by atoms with Crippen molar-refractivity contribution >= 4 is 22.8 Å². The van der Waals surface area contributed by atoms with Crippen molar-refractivity contribution in [2.24, 2.45) is 0 Å². The fraction of sp³-hybridized carbons (Fsp3) is 0.364. The molecule has 0 saturated heterocycles. The maximum Gasteiger partial charge on any atom is 0.406 e. The van der Waals surface area contributed by atoms with Crippen LogP contribution < -0.4 is 10.6 Å². The minimum Gasteiger partial charge on any atom is -0.423 e. The summed E-state index contributed by atoms with van der Waals surface area (Å²) in [6, 6.07) is 4.42. The number of nitrogens with zero attached hydrogens (tertiary/aromatic N) is 2. The van der Waals surface area contributed by atoms with Gasteiger partial charge in [0.1, 0.15) is 12.1 Å². The minimum absolute atomic E-state index is 0.188. The van der Waals surface area contributed by atoms with Gasteiger partial charge in [-0.15, -0.1) is 0 Å². The quantitative estimate of drug-likeness (QED) is 0.832. The summed E-state index contributed by atoms with van der Waals surface area (Å²) in [6.45, 7) is -1.89. The van der Waals surface area contributed by atoms with Gasteiger partial charge in [-0.3, -0.25) is 0 Å². The molecule has 1 aromatic carbocycles. The lowest BCUT2D eigenvalue weighted by atomic mass is 10.3. The number of nitrogens with two attached hydrogens (primary N) is 1. The van der Waals surface area contributed by atoms with Gasteiger partial charge in [0.15, 0.2) is 5.58 Å². The molecule has 19 heavy (non-hydrogen) atoms. The predicted molar refractivity (Wildman–Crippen MR) is 63.8 cm³/mol. The summed E-state index contributed by atoms with van der Waals surface area (Å²) in [4.78, 5) is 4.77. The third-order valence-electron chi connectivity index (χ3n) is 2.41. The van der Waals surface area contributed by atoms with Gasteiger partial charge < -0.3 is 20.2 Å². The van der Waals surface area contributed by atoms with Crippen LogP contribution in [0, 0.1) is 0 Å². The third kappa shape index (κ3) is 3.28. The number of aliphatic hydroxyl groups excluding tert-OH is 1. The van der Waals surface area contributed by atoms with Crippen LogP contribution in [0.1, 0.15) is 0 Å². The minimum atomic E-state index is -4.41. The number of aromatic nitrogens is 1. The Kier molecular flexibility index (Phi) is 3.52. The number of aliphatic hydroxyl groups is 1. The fourth-order valence-electron chi connectivity index (χ4n) is 1.65. The highest BCUT2D eigenvalue weighted by Crippen LogP contribution is 2.26. The second-order valence-electron chi connectivity index (χ2n) is 3.98. The number of alkyl halides is 3. The molecule has 2 rings (SSSR count). The van der Waals surface area contributed by atoms with E-state index >= 15 is 0 Å². The Bertz CT molecular complexity index is 568. The third-order valence-corrected chi connectivity index (χ3v) is 2.41. The molecule has 0 radical (unpaired) electrons. The van der Waals surface area contributed by atoms with Crippen LogP contribution in [-0.2, 0) is 0 Å². The van der Waals surface area contributed by atoms with Gasteiger partial charge >= 0.3 is 6.18 Å². The molecule has 0 aliphatic carbocycles. The Labute approximate surface area is 106 Å². The van der Waals surface area contributed by atoms with E-state index in [1.54, 1.807) is 6.07 Å². The number of anilines is 2. The van der Waals surface area contributed by atoms with Crippen LogP contribution in [-0.4, -0.2) is 36.0 Å². The maximum absolute atomic E-state index is 12.4. The van der Waals surface area contributed by atoms with Crippen LogP contribution in [0.5, 0.6) is 0 Å². The first-order valence-electron chi connectivity index (χ1n) is 5.47. The van der Waals surface area contributed by atoms with Crippen LogP contribution >= 0.6 is 0 Å². The molecular formula is C11H12F3N3O2. The number of rotatable bonds is 4. The van der Waals surface area contributed by atoms with Crippen LogP contribution in [0.4, 0.5) is 24.9 Å². The fourth-order valence-corrected chi connectivity index (χ4v) is 1.65. The molecular weight excluding hydrogens is 263 g/mol. The Morgan fingerprint density at radius 1 is 1.37 bits per heavy atom. The molecule has 1 aromatic heterocycles. The second-order valence-corrected chi connectivity index (χ2v) is 3.98. The largest absolute Gasteiger partial charge is 0.423 e. The van der Waals surface area contributed by atoms with Crippen LogP contribution in [0.3, 0.4) is 0 Å². The molecule has 0 aliphatic rings. The van der Waals surface area contributed by atoms with Gasteiger partial charge in [-0.25, -0.2) is 0 Å². The van der Waals surface area contributed by atoms with Crippen molar-refractivity contribution in [3.05, 3.63) is 18.2 Å². The molecule has 0 spiro atoms. The van der Waals surface area contributed by atoms with Gasteiger partial charge in [-0.05, 0) is 18.2 Å². The molecule has 1 heterocycles. The molecule has 5 nitrogen and oxygen atoms in total. The summed E-state index contributed by atoms with van der Waals surface area (Å²) < 4.78 is 42.5. The van der Waals surface area contributed by atoms with Crippen molar-refractivity contribution in [3.63, 3.8) is 0 Å². The molecule has 0 atom stereocenters. The zero-order valence-corrected chi connectivity index (χ0v) is 9.81. The summed E-state index contributed by atoms with van der Waals surface area (Å²) in [6.07, 6.45) is -4.41. The van der Waals surface area contributed by atoms with Gasteiger partial charge in [0.2, 0.25) is 0 Å². The highest BCUT2D eigenvalue weighted by Gasteiger charge is 2.32. The number of hydrogen-bond donors (Lipinski definition) is 2. The van der Waals surface area contributed by atoms with Crippen molar-refractivity contribution in [1.29, 1.82) is 0 Å². The van der Waals surface area contributed by atoms with E-state index in [0.29, 0.717) is 16.8 Å². The van der Waals surface area contributed by atoms with Gasteiger partial charge in [0.25, 0.3) is 6.01 Å². The van der Waals surface area contributed by atoms with Gasteiger partial charge in [-0.1, -0.05) is 0 Å². The molecule has 0 bridgehead atoms. The molecule has 0 saturated carbocycles. The maximum atomic E-state index is 12.4. The van der Waals surface area contributed by atoms with Gasteiger partial charge in [0, 0.05) is 12.2 Å². The van der Waals surface area contributed by atoms with Crippen LogP contribution in [0.15, 0.2) is 22.6 Å². The monoisotopic (exact) mass is 275 g/mol. The second kappa shape index (κ2) is 4.96. The molecule has 8 heteroatoms. The summed E-state index contributed by atoms with van der Waals surface area (Å²) >= 11 is 0. The molecule has 2 aromatic rings. The number of nitrogen functional groups attached to an aromatic ring is 1. The van der Waals surface area contributed by atoms with E-state index in [4.69, 9.17) is 15.3 Å². The Morgan fingerprint density at radius 3 is 2.74 bits per heavy atom. The molecule has 3 N–H and O–H groups in total. The Balaban J connectivity index is 2.33. The number of halogens is 3. The molecule has 0 aliphatic heterocycles. The zero-order chi connectivity index (χ0) is 14.0.